The molecule has 46 heavy (non-hydrogen) atoms. The second-order valence-corrected chi connectivity index (χ2v) is 17.4. The van der Waals surface area contributed by atoms with Gasteiger partial charge in [-0.2, -0.15) is 0 Å². The van der Waals surface area contributed by atoms with Gasteiger partial charge in [-0.05, 0) is 117 Å². The average molecular weight is 644 g/mol. The van der Waals surface area contributed by atoms with E-state index in [9.17, 15) is 0 Å². The smallest absolute Gasteiger partial charge is 0.0640 e. The fourth-order valence-corrected chi connectivity index (χ4v) is 10.9. The lowest BCUT2D eigenvalue weighted by Gasteiger charge is -2.58. The lowest BCUT2D eigenvalue weighted by atomic mass is 9.47. The largest absolute Gasteiger partial charge is 0.380 e. The second kappa shape index (κ2) is 19.1. The summed E-state index contributed by atoms with van der Waals surface area (Å²) in [6, 6.07) is -0.0209. The van der Waals surface area contributed by atoms with E-state index in [1.54, 1.807) is 5.57 Å². The molecule has 4 rings (SSSR count). The first-order valence-corrected chi connectivity index (χ1v) is 20.4. The van der Waals surface area contributed by atoms with E-state index in [1.165, 1.54) is 103 Å². The van der Waals surface area contributed by atoms with Gasteiger partial charge in [-0.25, -0.2) is 0 Å². The average Bonchev–Trinajstić information content (AvgIpc) is 3.39. The summed E-state index contributed by atoms with van der Waals surface area (Å²) in [7, 11) is 0. The Bertz CT molecular complexity index is 888. The molecule has 2 N–H and O–H groups in total. The molecule has 0 heterocycles. The zero-order chi connectivity index (χ0) is 33.0. The Balaban J connectivity index is 1.10. The van der Waals surface area contributed by atoms with Crippen LogP contribution in [0.25, 0.3) is 0 Å². The summed E-state index contributed by atoms with van der Waals surface area (Å²) in [5.74, 6) is 5.44. The van der Waals surface area contributed by atoms with Crippen molar-refractivity contribution >= 4 is 0 Å². The molecule has 4 heteroatoms. The molecule has 0 aromatic carbocycles. The highest BCUT2D eigenvalue weighted by Crippen LogP contribution is 2.67. The van der Waals surface area contributed by atoms with Crippen molar-refractivity contribution in [2.75, 3.05) is 33.0 Å². The minimum absolute atomic E-state index is 0.0209. The zero-order valence-electron chi connectivity index (χ0n) is 31.5. The van der Waals surface area contributed by atoms with E-state index in [2.05, 4.69) is 47.6 Å². The van der Waals surface area contributed by atoms with Crippen LogP contribution >= 0.6 is 0 Å². The summed E-state index contributed by atoms with van der Waals surface area (Å²) in [4.78, 5) is 0. The molecule has 3 fully saturated rings. The van der Waals surface area contributed by atoms with Crippen molar-refractivity contribution in [2.45, 2.75) is 176 Å². The molecule has 4 aliphatic carbocycles. The van der Waals surface area contributed by atoms with Crippen LogP contribution in [0.2, 0.25) is 0 Å². The van der Waals surface area contributed by atoms with Crippen LogP contribution in [0.4, 0.5) is 0 Å². The standard InChI is InChI=1S/C42H77NO3/c1-7-8-9-10-11-12-26-44-30-35(43)31-45-27-13-14-28-46-36-22-24-41(5)34(29-36)18-19-37-39-21-20-38(33(4)17-15-16-32(2)3)42(39,6)25-23-40(37)41/h18,32-33,35-40H,7-17,19-31,43H2,1-6H3/t33-,35?,36?,37+,38-,39?,40?,41+,42-/m1/s1. The molecule has 3 saturated carbocycles. The van der Waals surface area contributed by atoms with Gasteiger partial charge in [0.2, 0.25) is 0 Å². The molecule has 0 amide bonds. The lowest BCUT2D eigenvalue weighted by molar-refractivity contribution is -0.0643. The highest BCUT2D eigenvalue weighted by molar-refractivity contribution is 5.25. The van der Waals surface area contributed by atoms with Crippen LogP contribution in [-0.2, 0) is 14.2 Å². The molecule has 9 atom stereocenters. The van der Waals surface area contributed by atoms with Gasteiger partial charge in [-0.1, -0.05) is 105 Å². The Labute approximate surface area is 286 Å². The molecular weight excluding hydrogens is 566 g/mol. The van der Waals surface area contributed by atoms with Crippen LogP contribution in [-0.4, -0.2) is 45.2 Å². The van der Waals surface area contributed by atoms with Crippen LogP contribution in [0.1, 0.15) is 164 Å². The van der Waals surface area contributed by atoms with Gasteiger partial charge in [-0.3, -0.25) is 0 Å². The van der Waals surface area contributed by atoms with E-state index < -0.39 is 0 Å². The van der Waals surface area contributed by atoms with Gasteiger partial charge in [0, 0.05) is 19.8 Å². The van der Waals surface area contributed by atoms with Crippen molar-refractivity contribution in [3.63, 3.8) is 0 Å². The van der Waals surface area contributed by atoms with Gasteiger partial charge in [0.25, 0.3) is 0 Å². The molecule has 0 aromatic heterocycles. The molecule has 268 valence electrons. The number of fused-ring (bicyclic) bond motifs is 5. The predicted octanol–water partition coefficient (Wildman–Crippen LogP) is 10.9. The summed E-state index contributed by atoms with van der Waals surface area (Å²) in [6.07, 6.45) is 28.2. The van der Waals surface area contributed by atoms with E-state index in [-0.39, 0.29) is 6.04 Å². The fraction of sp³-hybridized carbons (Fsp3) is 0.952. The van der Waals surface area contributed by atoms with Crippen LogP contribution in [0.5, 0.6) is 0 Å². The van der Waals surface area contributed by atoms with E-state index in [4.69, 9.17) is 19.9 Å². The van der Waals surface area contributed by atoms with Gasteiger partial charge in [0.05, 0.1) is 25.4 Å². The number of hydrogen-bond acceptors (Lipinski definition) is 4. The van der Waals surface area contributed by atoms with Crippen LogP contribution in [0, 0.1) is 46.3 Å². The van der Waals surface area contributed by atoms with Crippen molar-refractivity contribution in [1.82, 2.24) is 0 Å². The fourth-order valence-electron chi connectivity index (χ4n) is 10.9. The summed E-state index contributed by atoms with van der Waals surface area (Å²) in [6.45, 7) is 18.6. The number of hydrogen-bond donors (Lipinski definition) is 1. The first-order chi connectivity index (χ1) is 22.2. The van der Waals surface area contributed by atoms with E-state index in [1.807, 2.05) is 0 Å². The number of nitrogens with two attached hydrogens (primary N) is 1. The molecule has 0 bridgehead atoms. The molecule has 0 spiro atoms. The maximum absolute atomic E-state index is 6.48. The topological polar surface area (TPSA) is 53.7 Å². The quantitative estimate of drug-likeness (QED) is 0.0942. The Hall–Kier alpha value is -0.420. The Morgan fingerprint density at radius 2 is 1.48 bits per heavy atom. The van der Waals surface area contributed by atoms with Crippen molar-refractivity contribution in [1.29, 1.82) is 0 Å². The Morgan fingerprint density at radius 1 is 0.783 bits per heavy atom. The Kier molecular flexibility index (Phi) is 15.9. The molecule has 0 aromatic rings. The summed E-state index contributed by atoms with van der Waals surface area (Å²) < 4.78 is 18.1. The van der Waals surface area contributed by atoms with Gasteiger partial charge in [-0.15, -0.1) is 0 Å². The van der Waals surface area contributed by atoms with Gasteiger partial charge in [0.1, 0.15) is 0 Å². The SMILES string of the molecule is CCCCCCCCOCC(N)COCCCCOC1CC[C@@]2(C)C(=CC[C@@H]3C2CC[C@@]2(C)C3CC[C@@H]2[C@H](C)CCCC(C)C)C1. The van der Waals surface area contributed by atoms with E-state index in [0.717, 1.165) is 74.6 Å². The molecule has 4 aliphatic rings. The molecule has 0 radical (unpaired) electrons. The van der Waals surface area contributed by atoms with Crippen LogP contribution < -0.4 is 5.73 Å². The predicted molar refractivity (Wildman–Crippen MR) is 195 cm³/mol. The molecule has 0 saturated heterocycles. The van der Waals surface area contributed by atoms with Crippen molar-refractivity contribution in [3.05, 3.63) is 11.6 Å². The van der Waals surface area contributed by atoms with Crippen molar-refractivity contribution in [2.24, 2.45) is 52.1 Å². The molecule has 0 aliphatic heterocycles. The zero-order valence-corrected chi connectivity index (χ0v) is 31.5. The number of unbranched alkanes of at least 4 members (excludes halogenated alkanes) is 6. The third-order valence-corrected chi connectivity index (χ3v) is 13.6. The van der Waals surface area contributed by atoms with Crippen LogP contribution in [0.15, 0.2) is 11.6 Å². The number of ether oxygens (including phenoxy) is 3. The normalized spacial score (nSPS) is 33.7. The highest BCUT2D eigenvalue weighted by atomic mass is 16.5. The monoisotopic (exact) mass is 644 g/mol. The third-order valence-electron chi connectivity index (χ3n) is 13.6. The van der Waals surface area contributed by atoms with Crippen molar-refractivity contribution in [3.8, 4) is 0 Å². The first-order valence-electron chi connectivity index (χ1n) is 20.4. The highest BCUT2D eigenvalue weighted by Gasteiger charge is 2.59. The minimum Gasteiger partial charge on any atom is -0.380 e. The van der Waals surface area contributed by atoms with E-state index >= 15 is 0 Å². The van der Waals surface area contributed by atoms with Gasteiger partial charge >= 0.3 is 0 Å². The number of rotatable bonds is 22. The lowest BCUT2D eigenvalue weighted by Crippen LogP contribution is -2.51. The summed E-state index contributed by atoms with van der Waals surface area (Å²) in [5, 5.41) is 0. The van der Waals surface area contributed by atoms with Crippen molar-refractivity contribution < 1.29 is 14.2 Å². The first kappa shape index (κ1) is 38.4. The molecule has 4 nitrogen and oxygen atoms in total. The van der Waals surface area contributed by atoms with Gasteiger partial charge < -0.3 is 19.9 Å². The number of allylic oxidation sites excluding steroid dienone is 1. The maximum Gasteiger partial charge on any atom is 0.0640 e. The third kappa shape index (κ3) is 10.3. The maximum atomic E-state index is 6.48. The van der Waals surface area contributed by atoms with Gasteiger partial charge in [0.15, 0.2) is 0 Å². The van der Waals surface area contributed by atoms with E-state index in [0.29, 0.717) is 30.1 Å². The molecule has 4 unspecified atom stereocenters. The second-order valence-electron chi connectivity index (χ2n) is 17.4. The minimum atomic E-state index is -0.0209. The Morgan fingerprint density at radius 3 is 2.22 bits per heavy atom. The molecular formula is C42H77NO3. The summed E-state index contributed by atoms with van der Waals surface area (Å²) in [5.41, 5.74) is 8.93. The summed E-state index contributed by atoms with van der Waals surface area (Å²) >= 11 is 0. The van der Waals surface area contributed by atoms with Crippen LogP contribution in [0.3, 0.4) is 0 Å².